The van der Waals surface area contributed by atoms with Crippen molar-refractivity contribution in [2.45, 2.75) is 31.1 Å². The molecule has 11 heteroatoms. The first-order valence-electron chi connectivity index (χ1n) is 8.55. The second-order valence-electron chi connectivity index (χ2n) is 6.45. The molecule has 1 aromatic carbocycles. The van der Waals surface area contributed by atoms with Crippen molar-refractivity contribution < 1.29 is 20.1 Å². The van der Waals surface area contributed by atoms with Gasteiger partial charge >= 0.3 is 0 Å². The minimum Gasteiger partial charge on any atom is -0.394 e. The predicted molar refractivity (Wildman–Crippen MR) is 99.9 cm³/mol. The Kier molecular flexibility index (Phi) is 5.04. The number of nitrogens with one attached hydrogen (secondary N) is 2. The molecule has 3 heterocycles. The van der Waals surface area contributed by atoms with Crippen LogP contribution in [0.5, 0.6) is 0 Å². The first-order chi connectivity index (χ1) is 13.5. The van der Waals surface area contributed by atoms with Gasteiger partial charge in [-0.15, -0.1) is 0 Å². The van der Waals surface area contributed by atoms with E-state index in [2.05, 4.69) is 20.3 Å². The van der Waals surface area contributed by atoms with E-state index in [1.54, 1.807) is 12.1 Å². The van der Waals surface area contributed by atoms with Crippen LogP contribution in [-0.2, 0) is 11.3 Å². The highest BCUT2D eigenvalue weighted by Gasteiger charge is 2.44. The molecule has 4 atom stereocenters. The van der Waals surface area contributed by atoms with Crippen LogP contribution >= 0.6 is 11.6 Å². The fraction of sp³-hybridized carbons (Fsp3) is 0.353. The SMILES string of the molecule is O=c1[nH]c(NCc2ccc(Cl)cc2)nc2c1ncn2[C@@H]1O[C@H](CO)[C@@H](O)[C@H]1O. The van der Waals surface area contributed by atoms with E-state index < -0.39 is 36.7 Å². The third kappa shape index (κ3) is 3.36. The van der Waals surface area contributed by atoms with E-state index in [1.807, 2.05) is 12.1 Å². The average molecular weight is 408 g/mol. The Hall–Kier alpha value is -2.50. The Bertz CT molecular complexity index is 1040. The zero-order valence-electron chi connectivity index (χ0n) is 14.5. The van der Waals surface area contributed by atoms with Crippen molar-refractivity contribution in [2.75, 3.05) is 11.9 Å². The van der Waals surface area contributed by atoms with E-state index in [4.69, 9.17) is 16.3 Å². The van der Waals surface area contributed by atoms with Gasteiger partial charge in [-0.3, -0.25) is 14.3 Å². The molecule has 0 spiro atoms. The molecule has 0 amide bonds. The summed E-state index contributed by atoms with van der Waals surface area (Å²) in [6.45, 7) is -0.0587. The van der Waals surface area contributed by atoms with Crippen LogP contribution in [0.1, 0.15) is 11.8 Å². The van der Waals surface area contributed by atoms with Crippen molar-refractivity contribution in [3.63, 3.8) is 0 Å². The summed E-state index contributed by atoms with van der Waals surface area (Å²) >= 11 is 5.87. The van der Waals surface area contributed by atoms with Crippen LogP contribution < -0.4 is 10.9 Å². The molecule has 1 fully saturated rings. The van der Waals surface area contributed by atoms with Gasteiger partial charge in [0.05, 0.1) is 12.9 Å². The minimum absolute atomic E-state index is 0.0646. The van der Waals surface area contributed by atoms with E-state index in [0.29, 0.717) is 11.6 Å². The van der Waals surface area contributed by atoms with Crippen LogP contribution in [0.2, 0.25) is 5.02 Å². The summed E-state index contributed by atoms with van der Waals surface area (Å²) in [6, 6.07) is 7.20. The second-order valence-corrected chi connectivity index (χ2v) is 6.88. The first-order valence-corrected chi connectivity index (χ1v) is 8.93. The van der Waals surface area contributed by atoms with Crippen LogP contribution in [0.4, 0.5) is 5.95 Å². The Morgan fingerprint density at radius 3 is 2.68 bits per heavy atom. The number of aliphatic hydroxyl groups is 3. The van der Waals surface area contributed by atoms with E-state index >= 15 is 0 Å². The number of anilines is 1. The van der Waals surface area contributed by atoms with Crippen molar-refractivity contribution >= 4 is 28.7 Å². The highest BCUT2D eigenvalue weighted by molar-refractivity contribution is 6.30. The number of ether oxygens (including phenoxy) is 1. The number of aromatic amines is 1. The molecule has 2 aromatic heterocycles. The van der Waals surface area contributed by atoms with E-state index in [1.165, 1.54) is 10.9 Å². The Morgan fingerprint density at radius 1 is 1.25 bits per heavy atom. The van der Waals surface area contributed by atoms with Crippen LogP contribution in [0.15, 0.2) is 35.4 Å². The number of rotatable bonds is 5. The molecule has 10 nitrogen and oxygen atoms in total. The monoisotopic (exact) mass is 407 g/mol. The molecular weight excluding hydrogens is 390 g/mol. The van der Waals surface area contributed by atoms with Crippen LogP contribution in [0.3, 0.4) is 0 Å². The molecule has 0 radical (unpaired) electrons. The third-order valence-corrected chi connectivity index (χ3v) is 4.85. The molecule has 5 N–H and O–H groups in total. The van der Waals surface area contributed by atoms with Crippen molar-refractivity contribution in [2.24, 2.45) is 0 Å². The zero-order chi connectivity index (χ0) is 19.8. The molecular formula is C17H18ClN5O5. The average Bonchev–Trinajstić information content (AvgIpc) is 3.23. The fourth-order valence-corrected chi connectivity index (χ4v) is 3.22. The first kappa shape index (κ1) is 18.8. The largest absolute Gasteiger partial charge is 0.394 e. The molecule has 0 saturated carbocycles. The molecule has 0 aliphatic carbocycles. The molecule has 1 aliphatic heterocycles. The molecule has 4 rings (SSSR count). The Labute approximate surface area is 163 Å². The predicted octanol–water partition coefficient (Wildman–Crippen LogP) is -0.00340. The molecule has 0 unspecified atom stereocenters. The smallest absolute Gasteiger partial charge is 0.280 e. The van der Waals surface area contributed by atoms with Crippen LogP contribution in [0, 0.1) is 0 Å². The lowest BCUT2D eigenvalue weighted by Crippen LogP contribution is -2.33. The number of halogens is 1. The summed E-state index contributed by atoms with van der Waals surface area (Å²) < 4.78 is 6.86. The van der Waals surface area contributed by atoms with Gasteiger partial charge in [0, 0.05) is 11.6 Å². The number of H-pyrrole nitrogens is 1. The van der Waals surface area contributed by atoms with Gasteiger partial charge in [-0.05, 0) is 17.7 Å². The number of hydrogen-bond donors (Lipinski definition) is 5. The lowest BCUT2D eigenvalue weighted by Gasteiger charge is -2.16. The van der Waals surface area contributed by atoms with Crippen LogP contribution in [0.25, 0.3) is 11.2 Å². The van der Waals surface area contributed by atoms with Crippen molar-refractivity contribution in [1.82, 2.24) is 19.5 Å². The number of aliphatic hydroxyl groups excluding tert-OH is 3. The number of fused-ring (bicyclic) bond motifs is 1. The summed E-state index contributed by atoms with van der Waals surface area (Å²) in [4.78, 5) is 23.3. The molecule has 3 aromatic rings. The van der Waals surface area contributed by atoms with Gasteiger partial charge in [-0.1, -0.05) is 23.7 Å². The van der Waals surface area contributed by atoms with E-state index in [9.17, 15) is 20.1 Å². The second kappa shape index (κ2) is 7.49. The number of imidazole rings is 1. The summed E-state index contributed by atoms with van der Waals surface area (Å²) in [7, 11) is 0. The van der Waals surface area contributed by atoms with Gasteiger partial charge in [0.25, 0.3) is 5.56 Å². The van der Waals surface area contributed by atoms with Gasteiger partial charge < -0.3 is 25.4 Å². The standard InChI is InChI=1S/C17H18ClN5O5/c18-9-3-1-8(2-4-9)5-19-17-21-14-11(15(27)22-17)20-7-23(14)16-13(26)12(25)10(6-24)28-16/h1-4,7,10,12-13,16,24-26H,5-6H2,(H2,19,21,22,27)/t10-,12-,13-,16-/m1/s1. The Balaban J connectivity index is 1.63. The van der Waals surface area contributed by atoms with Crippen LogP contribution in [-0.4, -0.2) is 59.8 Å². The van der Waals surface area contributed by atoms with E-state index in [0.717, 1.165) is 5.56 Å². The molecule has 1 saturated heterocycles. The molecule has 0 bridgehead atoms. The minimum atomic E-state index is -1.30. The summed E-state index contributed by atoms with van der Waals surface area (Å²) in [5.74, 6) is 0.209. The van der Waals surface area contributed by atoms with Gasteiger partial charge in [-0.2, -0.15) is 4.98 Å². The maximum absolute atomic E-state index is 12.3. The normalized spacial score (nSPS) is 24.7. The number of nitrogens with zero attached hydrogens (tertiary/aromatic N) is 3. The number of benzene rings is 1. The summed E-state index contributed by atoms with van der Waals surface area (Å²) in [5, 5.41) is 33.1. The highest BCUT2D eigenvalue weighted by Crippen LogP contribution is 2.30. The topological polar surface area (TPSA) is 146 Å². The quantitative estimate of drug-likeness (QED) is 0.397. The van der Waals surface area contributed by atoms with E-state index in [-0.39, 0.29) is 17.1 Å². The maximum Gasteiger partial charge on any atom is 0.280 e. The maximum atomic E-state index is 12.3. The fourth-order valence-electron chi connectivity index (χ4n) is 3.09. The molecule has 1 aliphatic rings. The Morgan fingerprint density at radius 2 is 2.00 bits per heavy atom. The summed E-state index contributed by atoms with van der Waals surface area (Å²) in [5.41, 5.74) is 0.713. The highest BCUT2D eigenvalue weighted by atomic mass is 35.5. The zero-order valence-corrected chi connectivity index (χ0v) is 15.2. The third-order valence-electron chi connectivity index (χ3n) is 4.60. The lowest BCUT2D eigenvalue weighted by molar-refractivity contribution is -0.0511. The van der Waals surface area contributed by atoms with Crippen molar-refractivity contribution in [3.05, 3.63) is 51.5 Å². The summed E-state index contributed by atoms with van der Waals surface area (Å²) in [6.07, 6.45) is -3.24. The number of aromatic nitrogens is 4. The van der Waals surface area contributed by atoms with Gasteiger partial charge in [0.15, 0.2) is 17.4 Å². The van der Waals surface area contributed by atoms with Gasteiger partial charge in [-0.25, -0.2) is 4.98 Å². The van der Waals surface area contributed by atoms with Gasteiger partial charge in [0.2, 0.25) is 5.95 Å². The lowest BCUT2D eigenvalue weighted by atomic mass is 10.1. The number of hydrogen-bond acceptors (Lipinski definition) is 8. The van der Waals surface area contributed by atoms with Crippen molar-refractivity contribution in [3.8, 4) is 0 Å². The molecule has 148 valence electrons. The van der Waals surface area contributed by atoms with Gasteiger partial charge in [0.1, 0.15) is 18.3 Å². The van der Waals surface area contributed by atoms with Crippen molar-refractivity contribution in [1.29, 1.82) is 0 Å². The molecule has 28 heavy (non-hydrogen) atoms.